The van der Waals surface area contributed by atoms with Crippen LogP contribution in [-0.4, -0.2) is 37.1 Å². The Balaban J connectivity index is 1.59. The smallest absolute Gasteiger partial charge is 0.0137 e. The van der Waals surface area contributed by atoms with E-state index in [2.05, 4.69) is 34.7 Å². The Morgan fingerprint density at radius 3 is 3.18 bits per heavy atom. The summed E-state index contributed by atoms with van der Waals surface area (Å²) in [6.07, 6.45) is 2.55. The molecule has 2 nitrogen and oxygen atoms in total. The van der Waals surface area contributed by atoms with Crippen molar-refractivity contribution in [1.29, 1.82) is 0 Å². The van der Waals surface area contributed by atoms with Gasteiger partial charge in [0.25, 0.3) is 0 Å². The van der Waals surface area contributed by atoms with Gasteiger partial charge in [0.05, 0.1) is 0 Å². The molecule has 0 radical (unpaired) electrons. The number of fused-ring (bicyclic) bond motifs is 1. The molecule has 1 aromatic heterocycles. The van der Waals surface area contributed by atoms with E-state index in [1.54, 1.807) is 0 Å². The van der Waals surface area contributed by atoms with Gasteiger partial charge in [0.15, 0.2) is 0 Å². The van der Waals surface area contributed by atoms with Gasteiger partial charge in [-0.15, -0.1) is 11.3 Å². The molecule has 94 valence electrons. The first kappa shape index (κ1) is 11.7. The highest BCUT2D eigenvalue weighted by Crippen LogP contribution is 2.34. The molecule has 3 heteroatoms. The van der Waals surface area contributed by atoms with E-state index in [-0.39, 0.29) is 0 Å². The summed E-state index contributed by atoms with van der Waals surface area (Å²) in [6, 6.07) is 5.26. The highest BCUT2D eigenvalue weighted by atomic mass is 32.1. The molecular formula is C14H22N2S. The minimum absolute atomic E-state index is 0.829. The number of likely N-dealkylation sites (tertiary alicyclic amines) is 1. The highest BCUT2D eigenvalue weighted by molar-refractivity contribution is 7.09. The monoisotopic (exact) mass is 250 g/mol. The predicted molar refractivity (Wildman–Crippen MR) is 73.5 cm³/mol. The highest BCUT2D eigenvalue weighted by Gasteiger charge is 2.42. The van der Waals surface area contributed by atoms with Gasteiger partial charge in [-0.1, -0.05) is 13.0 Å². The summed E-state index contributed by atoms with van der Waals surface area (Å²) in [7, 11) is 0. The van der Waals surface area contributed by atoms with E-state index in [0.29, 0.717) is 0 Å². The van der Waals surface area contributed by atoms with Crippen molar-refractivity contribution >= 4 is 11.3 Å². The van der Waals surface area contributed by atoms with Crippen LogP contribution in [0, 0.1) is 11.8 Å². The van der Waals surface area contributed by atoms with Crippen molar-refractivity contribution in [3.8, 4) is 0 Å². The number of nitrogens with one attached hydrogen (secondary N) is 1. The maximum absolute atomic E-state index is 3.55. The van der Waals surface area contributed by atoms with E-state index in [1.165, 1.54) is 43.9 Å². The second kappa shape index (κ2) is 5.09. The molecule has 0 saturated carbocycles. The van der Waals surface area contributed by atoms with Crippen LogP contribution in [0.5, 0.6) is 0 Å². The van der Waals surface area contributed by atoms with Gasteiger partial charge in [0.2, 0.25) is 0 Å². The normalized spacial score (nSPS) is 33.1. The van der Waals surface area contributed by atoms with Crippen molar-refractivity contribution in [3.05, 3.63) is 22.4 Å². The van der Waals surface area contributed by atoms with Gasteiger partial charge in [0.1, 0.15) is 0 Å². The maximum atomic E-state index is 3.55. The summed E-state index contributed by atoms with van der Waals surface area (Å²) < 4.78 is 0. The molecule has 3 atom stereocenters. The molecule has 0 bridgehead atoms. The molecule has 2 aliphatic rings. The number of nitrogens with zero attached hydrogens (tertiary/aromatic N) is 1. The fourth-order valence-electron chi connectivity index (χ4n) is 3.64. The molecule has 0 amide bonds. The first-order valence-electron chi connectivity index (χ1n) is 6.85. The average Bonchev–Trinajstić information content (AvgIpc) is 3.02. The van der Waals surface area contributed by atoms with Crippen molar-refractivity contribution in [2.75, 3.05) is 26.2 Å². The Morgan fingerprint density at radius 2 is 2.41 bits per heavy atom. The lowest BCUT2D eigenvalue weighted by molar-refractivity contribution is 0.221. The van der Waals surface area contributed by atoms with Gasteiger partial charge in [-0.3, -0.25) is 4.90 Å². The number of hydrogen-bond donors (Lipinski definition) is 1. The Hall–Kier alpha value is -0.380. The summed E-state index contributed by atoms with van der Waals surface area (Å²) in [5, 5.41) is 5.74. The molecule has 1 N–H and O–H groups in total. The third-order valence-corrected chi connectivity index (χ3v) is 5.40. The zero-order chi connectivity index (χ0) is 11.7. The van der Waals surface area contributed by atoms with Crippen LogP contribution in [0.25, 0.3) is 0 Å². The van der Waals surface area contributed by atoms with Gasteiger partial charge in [-0.05, 0) is 49.2 Å². The molecule has 0 aliphatic carbocycles. The minimum atomic E-state index is 0.829. The summed E-state index contributed by atoms with van der Waals surface area (Å²) in [4.78, 5) is 4.28. The second-order valence-electron chi connectivity index (χ2n) is 5.38. The Morgan fingerprint density at radius 1 is 1.47 bits per heavy atom. The first-order valence-corrected chi connectivity index (χ1v) is 7.73. The van der Waals surface area contributed by atoms with Gasteiger partial charge in [0, 0.05) is 24.0 Å². The second-order valence-corrected chi connectivity index (χ2v) is 6.41. The molecular weight excluding hydrogens is 228 g/mol. The molecule has 17 heavy (non-hydrogen) atoms. The fourth-order valence-corrected chi connectivity index (χ4v) is 4.34. The van der Waals surface area contributed by atoms with Crippen LogP contribution in [0.3, 0.4) is 0 Å². The molecule has 0 spiro atoms. The number of rotatable bonds is 4. The Labute approximate surface area is 108 Å². The van der Waals surface area contributed by atoms with E-state index in [4.69, 9.17) is 0 Å². The van der Waals surface area contributed by atoms with E-state index >= 15 is 0 Å². The summed E-state index contributed by atoms with van der Waals surface area (Å²) >= 11 is 1.90. The summed E-state index contributed by atoms with van der Waals surface area (Å²) in [5.41, 5.74) is 0. The molecule has 3 unspecified atom stereocenters. The zero-order valence-electron chi connectivity index (χ0n) is 10.6. The van der Waals surface area contributed by atoms with Crippen LogP contribution in [0.15, 0.2) is 17.5 Å². The van der Waals surface area contributed by atoms with Crippen LogP contribution in [-0.2, 0) is 6.42 Å². The molecule has 2 fully saturated rings. The van der Waals surface area contributed by atoms with Crippen molar-refractivity contribution < 1.29 is 0 Å². The Bertz CT molecular complexity index is 349. The van der Waals surface area contributed by atoms with E-state index in [1.807, 2.05) is 11.3 Å². The minimum Gasteiger partial charge on any atom is -0.316 e. The number of hydrogen-bond acceptors (Lipinski definition) is 3. The third kappa shape index (κ3) is 2.28. The van der Waals surface area contributed by atoms with Crippen molar-refractivity contribution in [2.45, 2.75) is 25.8 Å². The quantitative estimate of drug-likeness (QED) is 0.881. The SMILES string of the molecule is CCC1C2CNCC2CN1CCc1cccs1. The third-order valence-electron chi connectivity index (χ3n) is 4.47. The summed E-state index contributed by atoms with van der Waals surface area (Å²) in [6.45, 7) is 7.42. The van der Waals surface area contributed by atoms with Crippen LogP contribution in [0.4, 0.5) is 0 Å². The maximum Gasteiger partial charge on any atom is 0.0137 e. The van der Waals surface area contributed by atoms with E-state index in [9.17, 15) is 0 Å². The van der Waals surface area contributed by atoms with Crippen LogP contribution < -0.4 is 5.32 Å². The lowest BCUT2D eigenvalue weighted by Gasteiger charge is -2.26. The van der Waals surface area contributed by atoms with Crippen molar-refractivity contribution in [3.63, 3.8) is 0 Å². The largest absolute Gasteiger partial charge is 0.316 e. The summed E-state index contributed by atoms with van der Waals surface area (Å²) in [5.74, 6) is 1.84. The average molecular weight is 250 g/mol. The van der Waals surface area contributed by atoms with Crippen LogP contribution in [0.1, 0.15) is 18.2 Å². The molecule has 3 rings (SSSR count). The van der Waals surface area contributed by atoms with Crippen molar-refractivity contribution in [1.82, 2.24) is 10.2 Å². The van der Waals surface area contributed by atoms with Gasteiger partial charge in [-0.25, -0.2) is 0 Å². The molecule has 2 aliphatic heterocycles. The standard InChI is InChI=1S/C14H22N2S/c1-2-14-13-9-15-8-11(13)10-16(14)6-5-12-4-3-7-17-12/h3-4,7,11,13-15H,2,5-6,8-10H2,1H3. The predicted octanol–water partition coefficient (Wildman–Crippen LogP) is 2.22. The first-order chi connectivity index (χ1) is 8.38. The lowest BCUT2D eigenvalue weighted by atomic mass is 9.93. The molecule has 0 aromatic carbocycles. The molecule has 2 saturated heterocycles. The Kier molecular flexibility index (Phi) is 3.50. The van der Waals surface area contributed by atoms with Gasteiger partial charge in [-0.2, -0.15) is 0 Å². The lowest BCUT2D eigenvalue weighted by Crippen LogP contribution is -2.36. The van der Waals surface area contributed by atoms with Crippen LogP contribution >= 0.6 is 11.3 Å². The van der Waals surface area contributed by atoms with Crippen molar-refractivity contribution in [2.24, 2.45) is 11.8 Å². The van der Waals surface area contributed by atoms with Crippen LogP contribution in [0.2, 0.25) is 0 Å². The zero-order valence-corrected chi connectivity index (χ0v) is 11.4. The fraction of sp³-hybridized carbons (Fsp3) is 0.714. The molecule has 3 heterocycles. The van der Waals surface area contributed by atoms with E-state index in [0.717, 1.165) is 17.9 Å². The molecule has 1 aromatic rings. The van der Waals surface area contributed by atoms with Gasteiger partial charge >= 0.3 is 0 Å². The van der Waals surface area contributed by atoms with E-state index < -0.39 is 0 Å². The number of thiophene rings is 1. The topological polar surface area (TPSA) is 15.3 Å². The van der Waals surface area contributed by atoms with Gasteiger partial charge < -0.3 is 5.32 Å².